The van der Waals surface area contributed by atoms with Crippen molar-refractivity contribution in [3.63, 3.8) is 0 Å². The summed E-state index contributed by atoms with van der Waals surface area (Å²) < 4.78 is 0. The van der Waals surface area contributed by atoms with Gasteiger partial charge >= 0.3 is 22.4 Å². The van der Waals surface area contributed by atoms with E-state index in [1.165, 1.54) is 0 Å². The third kappa shape index (κ3) is 51.9. The van der Waals surface area contributed by atoms with Crippen LogP contribution in [0.4, 0.5) is 0 Å². The van der Waals surface area contributed by atoms with E-state index in [0.717, 1.165) is 12.8 Å². The first-order valence-corrected chi connectivity index (χ1v) is 3.18. The normalized spacial score (nSPS) is 8.00. The number of aliphatic hydroxyl groups excluding tert-OH is 1. The van der Waals surface area contributed by atoms with Gasteiger partial charge < -0.3 is 25.5 Å². The van der Waals surface area contributed by atoms with Crippen LogP contribution in [0.5, 0.6) is 0 Å². The molecule has 0 aromatic heterocycles. The molecule has 78 valence electrons. The van der Waals surface area contributed by atoms with E-state index >= 15 is 0 Å². The minimum absolute atomic E-state index is 0. The van der Waals surface area contributed by atoms with Crippen molar-refractivity contribution in [1.82, 2.24) is 0 Å². The minimum Gasteiger partial charge on any atom is -0.368 e. The van der Waals surface area contributed by atoms with E-state index in [4.69, 9.17) is 25.5 Å². The fraction of sp³-hybridized carbons (Fsp3) is 1.00. The molecule has 0 bridgehead atoms. The Morgan fingerprint density at radius 2 is 1.75 bits per heavy atom. The number of aliphatic hydroxyl groups is 2. The molecule has 7 heteroatoms. The molecule has 6 nitrogen and oxygen atoms in total. The average Bonchev–Trinajstić information content (AvgIpc) is 1.82. The standard InChI is InChI=1S/C5H12O2.Ag.NO3/c1-2-3-4-5(6)7;;2-1(3)4/h5-7H,2-4H2,1H3;;/q;+1;-1. The van der Waals surface area contributed by atoms with Gasteiger partial charge in [-0.1, -0.05) is 13.3 Å². The number of hydrogen-bond donors (Lipinski definition) is 2. The second kappa shape index (κ2) is 13.5. The molecule has 0 fully saturated rings. The van der Waals surface area contributed by atoms with Crippen LogP contribution < -0.4 is 0 Å². The van der Waals surface area contributed by atoms with Crippen LogP contribution in [-0.2, 0) is 22.4 Å². The maximum absolute atomic E-state index is 8.25. The van der Waals surface area contributed by atoms with Crippen molar-refractivity contribution in [2.45, 2.75) is 32.5 Å². The fourth-order valence-corrected chi connectivity index (χ4v) is 0.387. The van der Waals surface area contributed by atoms with Crippen molar-refractivity contribution in [2.24, 2.45) is 0 Å². The predicted molar refractivity (Wildman–Crippen MR) is 38.1 cm³/mol. The molecule has 2 N–H and O–H groups in total. The Labute approximate surface area is 85.8 Å². The summed E-state index contributed by atoms with van der Waals surface area (Å²) >= 11 is 0. The molecular formula is C5H12AgNO5. The van der Waals surface area contributed by atoms with Gasteiger partial charge in [0.2, 0.25) is 0 Å². The van der Waals surface area contributed by atoms with Gasteiger partial charge in [-0.15, -0.1) is 0 Å². The average molecular weight is 274 g/mol. The first-order valence-electron chi connectivity index (χ1n) is 3.18. The maximum atomic E-state index is 8.25. The Morgan fingerprint density at radius 3 is 1.83 bits per heavy atom. The molecule has 0 unspecified atom stereocenters. The molecule has 0 rings (SSSR count). The quantitative estimate of drug-likeness (QED) is 0.332. The van der Waals surface area contributed by atoms with E-state index in [9.17, 15) is 0 Å². The zero-order valence-electron chi connectivity index (χ0n) is 6.57. The van der Waals surface area contributed by atoms with Crippen LogP contribution in [0, 0.1) is 15.3 Å². The van der Waals surface area contributed by atoms with Gasteiger partial charge in [0.1, 0.15) is 0 Å². The largest absolute Gasteiger partial charge is 1.00 e. The third-order valence-corrected chi connectivity index (χ3v) is 0.816. The molecule has 0 spiro atoms. The summed E-state index contributed by atoms with van der Waals surface area (Å²) in [4.78, 5) is 8.25. The van der Waals surface area contributed by atoms with Crippen LogP contribution in [0.15, 0.2) is 0 Å². The zero-order valence-corrected chi connectivity index (χ0v) is 8.05. The summed E-state index contributed by atoms with van der Waals surface area (Å²) in [5, 5.41) is 31.2. The van der Waals surface area contributed by atoms with E-state index in [1.807, 2.05) is 6.92 Å². The first-order chi connectivity index (χ1) is 5.00. The van der Waals surface area contributed by atoms with Crippen LogP contribution in [0.25, 0.3) is 0 Å². The molecule has 0 aliphatic heterocycles. The molecular weight excluding hydrogens is 262 g/mol. The van der Waals surface area contributed by atoms with Crippen LogP contribution in [0.2, 0.25) is 0 Å². The van der Waals surface area contributed by atoms with Crippen LogP contribution in [0.3, 0.4) is 0 Å². The Hall–Kier alpha value is -0.140. The Bertz CT molecular complexity index is 95.8. The Kier molecular flexibility index (Phi) is 20.0. The van der Waals surface area contributed by atoms with Gasteiger partial charge in [0.25, 0.3) is 0 Å². The SMILES string of the molecule is CCCCC(O)O.O=[N+]([O-])[O-].[Ag+]. The molecule has 0 aromatic carbocycles. The zero-order chi connectivity index (χ0) is 9.28. The fourth-order valence-electron chi connectivity index (χ4n) is 0.387. The van der Waals surface area contributed by atoms with Gasteiger partial charge in [-0.25, -0.2) is 0 Å². The smallest absolute Gasteiger partial charge is 0.368 e. The van der Waals surface area contributed by atoms with Crippen molar-refractivity contribution in [3.8, 4) is 0 Å². The molecule has 0 aromatic rings. The molecule has 0 amide bonds. The van der Waals surface area contributed by atoms with E-state index < -0.39 is 11.4 Å². The third-order valence-electron chi connectivity index (χ3n) is 0.816. The molecule has 0 heterocycles. The summed E-state index contributed by atoms with van der Waals surface area (Å²) in [5.74, 6) is 0. The van der Waals surface area contributed by atoms with Crippen molar-refractivity contribution in [1.29, 1.82) is 0 Å². The summed E-state index contributed by atoms with van der Waals surface area (Å²) in [6.07, 6.45) is 1.34. The molecule has 12 heavy (non-hydrogen) atoms. The van der Waals surface area contributed by atoms with Crippen molar-refractivity contribution >= 4 is 0 Å². The monoisotopic (exact) mass is 273 g/mol. The Morgan fingerprint density at radius 1 is 1.42 bits per heavy atom. The van der Waals surface area contributed by atoms with Gasteiger partial charge in [-0.3, -0.25) is 0 Å². The first kappa shape index (κ1) is 17.8. The van der Waals surface area contributed by atoms with Crippen LogP contribution in [-0.4, -0.2) is 21.6 Å². The van der Waals surface area contributed by atoms with Crippen molar-refractivity contribution in [2.75, 3.05) is 0 Å². The number of nitrogens with zero attached hydrogens (tertiary/aromatic N) is 1. The van der Waals surface area contributed by atoms with Crippen molar-refractivity contribution in [3.05, 3.63) is 15.3 Å². The van der Waals surface area contributed by atoms with Gasteiger partial charge in [-0.05, 0) is 12.8 Å². The van der Waals surface area contributed by atoms with Gasteiger partial charge in [0.05, 0.1) is 5.09 Å². The van der Waals surface area contributed by atoms with Gasteiger partial charge in [0.15, 0.2) is 6.29 Å². The predicted octanol–water partition coefficient (Wildman–Crippen LogP) is 0.246. The number of hydrogen-bond acceptors (Lipinski definition) is 5. The molecule has 0 saturated heterocycles. The van der Waals surface area contributed by atoms with Gasteiger partial charge in [-0.2, -0.15) is 0 Å². The van der Waals surface area contributed by atoms with Crippen molar-refractivity contribution < 1.29 is 37.7 Å². The number of rotatable bonds is 3. The van der Waals surface area contributed by atoms with E-state index in [0.29, 0.717) is 6.42 Å². The molecule has 0 aliphatic carbocycles. The molecule has 0 aliphatic rings. The Balaban J connectivity index is -0.000000142. The topological polar surface area (TPSA) is 107 Å². The summed E-state index contributed by atoms with van der Waals surface area (Å²) in [7, 11) is 0. The minimum atomic E-state index is -1.75. The van der Waals surface area contributed by atoms with E-state index in [2.05, 4.69) is 0 Å². The maximum Gasteiger partial charge on any atom is 1.00 e. The number of unbranched alkanes of at least 4 members (excludes halogenated alkanes) is 1. The second-order valence-corrected chi connectivity index (χ2v) is 1.85. The molecule has 0 radical (unpaired) electrons. The summed E-state index contributed by atoms with van der Waals surface area (Å²) in [6.45, 7) is 2.02. The molecule has 0 saturated carbocycles. The van der Waals surface area contributed by atoms with E-state index in [1.54, 1.807) is 0 Å². The van der Waals surface area contributed by atoms with Crippen LogP contribution in [0.1, 0.15) is 26.2 Å². The molecule has 0 atom stereocenters. The summed E-state index contributed by atoms with van der Waals surface area (Å²) in [5.41, 5.74) is 0. The van der Waals surface area contributed by atoms with Gasteiger partial charge in [0, 0.05) is 0 Å². The summed E-state index contributed by atoms with van der Waals surface area (Å²) in [6, 6.07) is 0. The van der Waals surface area contributed by atoms with Crippen LogP contribution >= 0.6 is 0 Å². The second-order valence-electron chi connectivity index (χ2n) is 1.85. The van der Waals surface area contributed by atoms with E-state index in [-0.39, 0.29) is 22.4 Å².